The first-order chi connectivity index (χ1) is 14.7. The van der Waals surface area contributed by atoms with E-state index < -0.39 is 72.8 Å². The Morgan fingerprint density at radius 2 is 1.27 bits per heavy atom. The second kappa shape index (κ2) is 7.57. The number of carbonyl (C=O) groups is 2. The molecule has 0 saturated carbocycles. The van der Waals surface area contributed by atoms with Crippen LogP contribution in [0.2, 0.25) is 0 Å². The quantitative estimate of drug-likeness (QED) is 0.175. The smallest absolute Gasteiger partial charge is 0.349 e. The molecule has 0 N–H and O–H groups in total. The van der Waals surface area contributed by atoms with E-state index in [1.165, 1.54) is 20.8 Å². The first kappa shape index (κ1) is 26.4. The summed E-state index contributed by atoms with van der Waals surface area (Å²) in [5, 5.41) is 0. The number of benzene rings is 2. The van der Waals surface area contributed by atoms with E-state index in [4.69, 9.17) is 0 Å². The molecule has 0 aromatic heterocycles. The van der Waals surface area contributed by atoms with Crippen molar-refractivity contribution >= 4 is 22.2 Å². The molecule has 0 bridgehead atoms. The maximum absolute atomic E-state index is 14.3. The largest absolute Gasteiger partial charge is 0.423 e. The Morgan fingerprint density at radius 1 is 0.818 bits per heavy atom. The fourth-order valence-corrected chi connectivity index (χ4v) is 2.83. The molecular weight excluding hydrogens is 495 g/mol. The van der Waals surface area contributed by atoms with Gasteiger partial charge in [0.05, 0.1) is 5.41 Å². The van der Waals surface area contributed by atoms with Gasteiger partial charge in [-0.1, -0.05) is 26.4 Å². The van der Waals surface area contributed by atoms with E-state index >= 15 is 0 Å². The summed E-state index contributed by atoms with van der Waals surface area (Å²) in [6.07, 6.45) is 0.130. The Hall–Kier alpha value is -2.90. The molecule has 2 rings (SSSR count). The first-order valence-electron chi connectivity index (χ1n) is 8.84. The molecule has 0 spiro atoms. The molecule has 2 aromatic carbocycles. The van der Waals surface area contributed by atoms with Crippen LogP contribution in [0.25, 0.3) is 0 Å². The van der Waals surface area contributed by atoms with Gasteiger partial charge in [-0.3, -0.25) is 4.79 Å². The maximum atomic E-state index is 14.3. The van der Waals surface area contributed by atoms with Gasteiger partial charge >= 0.3 is 22.2 Å². The van der Waals surface area contributed by atoms with Gasteiger partial charge in [0.25, 0.3) is 0 Å². The van der Waals surface area contributed by atoms with Crippen LogP contribution < -0.4 is 9.47 Å². The molecule has 0 heterocycles. The third kappa shape index (κ3) is 5.54. The number of hydrogen-bond acceptors (Lipinski definition) is 4. The van der Waals surface area contributed by atoms with Crippen LogP contribution in [0.1, 0.15) is 37.6 Å². The van der Waals surface area contributed by atoms with Gasteiger partial charge in [-0.15, -0.1) is 0 Å². The average Bonchev–Trinajstić information content (AvgIpc) is 2.68. The minimum absolute atomic E-state index is 0.130. The molecular formula is C19H15F9O4S. The second-order valence-electron chi connectivity index (χ2n) is 7.42. The first-order valence-corrected chi connectivity index (χ1v) is 10.8. The van der Waals surface area contributed by atoms with Crippen molar-refractivity contribution in [2.45, 2.75) is 32.1 Å². The van der Waals surface area contributed by atoms with Crippen molar-refractivity contribution in [3.8, 4) is 11.5 Å². The van der Waals surface area contributed by atoms with Crippen LogP contribution in [-0.4, -0.2) is 11.9 Å². The fourth-order valence-electron chi connectivity index (χ4n) is 2.18. The average molecular weight is 510 g/mol. The van der Waals surface area contributed by atoms with Gasteiger partial charge < -0.3 is 9.47 Å². The molecule has 0 aliphatic heterocycles. The summed E-state index contributed by atoms with van der Waals surface area (Å²) < 4.78 is 129. The molecule has 4 nitrogen and oxygen atoms in total. The Kier molecular flexibility index (Phi) is 6.04. The number of carbonyl (C=O) groups excluding carboxylic acids is 2. The highest BCUT2D eigenvalue weighted by molar-refractivity contribution is 8.45. The molecule has 0 aliphatic carbocycles. The van der Waals surface area contributed by atoms with E-state index in [1.807, 2.05) is 0 Å². The predicted molar refractivity (Wildman–Crippen MR) is 98.8 cm³/mol. The van der Waals surface area contributed by atoms with Crippen LogP contribution in [-0.2, 0) is 4.79 Å². The summed E-state index contributed by atoms with van der Waals surface area (Å²) in [5.74, 6) is -15.1. The van der Waals surface area contributed by atoms with E-state index in [0.29, 0.717) is 0 Å². The van der Waals surface area contributed by atoms with Gasteiger partial charge in [-0.05, 0) is 44.5 Å². The molecule has 0 amide bonds. The Labute approximate surface area is 181 Å². The molecule has 0 fully saturated rings. The van der Waals surface area contributed by atoms with Crippen molar-refractivity contribution < 1.29 is 56.1 Å². The van der Waals surface area contributed by atoms with E-state index in [2.05, 4.69) is 9.47 Å². The lowest BCUT2D eigenvalue weighted by molar-refractivity contribution is -0.144. The summed E-state index contributed by atoms with van der Waals surface area (Å²) in [5.41, 5.74) is -3.22. The number of ether oxygens (including phenoxy) is 2. The Morgan fingerprint density at radius 3 is 1.67 bits per heavy atom. The number of hydrogen-bond donors (Lipinski definition) is 0. The van der Waals surface area contributed by atoms with Crippen molar-refractivity contribution in [1.29, 1.82) is 0 Å². The maximum Gasteiger partial charge on any atom is 0.349 e. The van der Waals surface area contributed by atoms with Crippen LogP contribution >= 0.6 is 10.2 Å². The van der Waals surface area contributed by atoms with Crippen LogP contribution in [0.4, 0.5) is 37.0 Å². The summed E-state index contributed by atoms with van der Waals surface area (Å²) in [6, 6.07) is 0.152. The van der Waals surface area contributed by atoms with E-state index in [-0.39, 0.29) is 30.7 Å². The zero-order chi connectivity index (χ0) is 25.6. The second-order valence-corrected chi connectivity index (χ2v) is 9.83. The molecule has 33 heavy (non-hydrogen) atoms. The lowest BCUT2D eigenvalue weighted by atomic mass is 9.91. The molecule has 0 radical (unpaired) electrons. The Bertz CT molecular complexity index is 1100. The lowest BCUT2D eigenvalue weighted by Crippen LogP contribution is -2.29. The van der Waals surface area contributed by atoms with Crippen molar-refractivity contribution in [3.05, 3.63) is 53.1 Å². The zero-order valence-corrected chi connectivity index (χ0v) is 17.8. The summed E-state index contributed by atoms with van der Waals surface area (Å²) in [7, 11) is -10.0. The normalized spacial score (nSPS) is 14.3. The fraction of sp³-hybridized carbons (Fsp3) is 0.263. The summed E-state index contributed by atoms with van der Waals surface area (Å²) in [6.45, 7) is 4.18. The molecule has 0 atom stereocenters. The van der Waals surface area contributed by atoms with Crippen molar-refractivity contribution in [3.63, 3.8) is 0 Å². The van der Waals surface area contributed by atoms with Gasteiger partial charge in [0.15, 0.2) is 11.6 Å². The zero-order valence-electron chi connectivity index (χ0n) is 17.0. The van der Waals surface area contributed by atoms with Crippen molar-refractivity contribution in [2.24, 2.45) is 5.41 Å². The third-order valence-corrected chi connectivity index (χ3v) is 5.70. The van der Waals surface area contributed by atoms with Gasteiger partial charge in [-0.2, -0.15) is 8.78 Å². The van der Waals surface area contributed by atoms with Crippen LogP contribution in [0.5, 0.6) is 11.5 Å². The van der Waals surface area contributed by atoms with Crippen molar-refractivity contribution in [1.82, 2.24) is 0 Å². The number of rotatable bonds is 6. The summed E-state index contributed by atoms with van der Waals surface area (Å²) >= 11 is 0. The van der Waals surface area contributed by atoms with Gasteiger partial charge in [0.1, 0.15) is 16.2 Å². The third-order valence-electron chi connectivity index (χ3n) is 4.54. The van der Waals surface area contributed by atoms with Crippen molar-refractivity contribution in [2.75, 3.05) is 0 Å². The van der Waals surface area contributed by atoms with E-state index in [9.17, 15) is 46.6 Å². The standard InChI is InChI=1S/C19H15F9O4S/c1-4-19(2,3)18(30)32-16-14(22)12(20)11(13(21)15(16)23)17(29)31-9-5-7-10(8-6-9)33(24,25,26,27)28/h5-8H,4H2,1-3H3. The van der Waals surface area contributed by atoms with Gasteiger partial charge in [0, 0.05) is 0 Å². The molecule has 0 unspecified atom stereocenters. The molecule has 14 heteroatoms. The topological polar surface area (TPSA) is 52.6 Å². The molecule has 184 valence electrons. The van der Waals surface area contributed by atoms with E-state index in [0.717, 1.165) is 0 Å². The van der Waals surface area contributed by atoms with Crippen LogP contribution in [0.15, 0.2) is 29.2 Å². The number of halogens is 9. The molecule has 0 saturated heterocycles. The van der Waals surface area contributed by atoms with E-state index in [1.54, 1.807) is 0 Å². The predicted octanol–water partition coefficient (Wildman–Crippen LogP) is 7.46. The minimum Gasteiger partial charge on any atom is -0.423 e. The van der Waals surface area contributed by atoms with Crippen LogP contribution in [0.3, 0.4) is 0 Å². The van der Waals surface area contributed by atoms with Crippen LogP contribution in [0, 0.1) is 28.7 Å². The summed E-state index contributed by atoms with van der Waals surface area (Å²) in [4.78, 5) is 21.6. The highest BCUT2D eigenvalue weighted by Crippen LogP contribution is 3.02. The molecule has 2 aromatic rings. The minimum atomic E-state index is -10.0. The van der Waals surface area contributed by atoms with Gasteiger partial charge in [-0.25, -0.2) is 13.6 Å². The number of esters is 2. The lowest BCUT2D eigenvalue weighted by Gasteiger charge is -2.40. The monoisotopic (exact) mass is 510 g/mol. The highest BCUT2D eigenvalue weighted by atomic mass is 32.5. The molecule has 0 aliphatic rings. The SMILES string of the molecule is CCC(C)(C)C(=O)Oc1c(F)c(F)c(C(=O)Oc2ccc(S(F)(F)(F)(F)F)cc2)c(F)c1F. The Balaban J connectivity index is 2.40. The van der Waals surface area contributed by atoms with Gasteiger partial charge in [0.2, 0.25) is 17.4 Å². The highest BCUT2D eigenvalue weighted by Gasteiger charge is 2.65.